The third-order valence-electron chi connectivity index (χ3n) is 4.34. The molecule has 1 aliphatic heterocycles. The van der Waals surface area contributed by atoms with Crippen molar-refractivity contribution >= 4 is 12.0 Å². The van der Waals surface area contributed by atoms with Crippen molar-refractivity contribution in [2.75, 3.05) is 19.6 Å². The van der Waals surface area contributed by atoms with Gasteiger partial charge < -0.3 is 10.2 Å². The Bertz CT molecular complexity index is 573. The van der Waals surface area contributed by atoms with Crippen LogP contribution in [0.3, 0.4) is 0 Å². The monoisotopic (exact) mass is 273 g/mol. The fourth-order valence-electron chi connectivity index (χ4n) is 3.03. The zero-order chi connectivity index (χ0) is 14.3. The van der Waals surface area contributed by atoms with E-state index in [1.165, 1.54) is 16.7 Å². The molecule has 20 heavy (non-hydrogen) atoms. The normalized spacial score (nSPS) is 22.9. The molecule has 1 saturated heterocycles. The first-order valence-electron chi connectivity index (χ1n) is 7.00. The first kappa shape index (κ1) is 13.2. The lowest BCUT2D eigenvalue weighted by molar-refractivity contribution is -0.147. The van der Waals surface area contributed by atoms with Crippen LogP contribution in [0.25, 0.3) is 6.08 Å². The van der Waals surface area contributed by atoms with Gasteiger partial charge in [-0.3, -0.25) is 9.69 Å². The van der Waals surface area contributed by atoms with Gasteiger partial charge in [0.15, 0.2) is 0 Å². The number of hydrogen-bond acceptors (Lipinski definition) is 3. The zero-order valence-corrected chi connectivity index (χ0v) is 11.5. The Morgan fingerprint density at radius 3 is 2.85 bits per heavy atom. The molecule has 2 N–H and O–H groups in total. The molecule has 1 fully saturated rings. The standard InChI is InChI=1S/C16H19NO3/c1-10-4-12-6-15(18)3-2-11(12)5-13(10)7-17-8-14(9-17)16(19)20/h2-3,5-6,10,14,18H,4,7-9H2,1H3,(H,19,20)/t10-/m0/s1. The number of likely N-dealkylation sites (tertiary alicyclic amines) is 1. The fraction of sp³-hybridized carbons (Fsp3) is 0.438. The summed E-state index contributed by atoms with van der Waals surface area (Å²) in [6, 6.07) is 5.50. The van der Waals surface area contributed by atoms with Crippen LogP contribution in [0.5, 0.6) is 5.75 Å². The molecule has 0 aromatic heterocycles. The summed E-state index contributed by atoms with van der Waals surface area (Å²) < 4.78 is 0. The first-order chi connectivity index (χ1) is 9.52. The van der Waals surface area contributed by atoms with Gasteiger partial charge in [-0.1, -0.05) is 24.6 Å². The van der Waals surface area contributed by atoms with E-state index in [-0.39, 0.29) is 5.92 Å². The molecule has 0 saturated carbocycles. The Hall–Kier alpha value is -1.81. The highest BCUT2D eigenvalue weighted by molar-refractivity contribution is 5.71. The molecule has 0 unspecified atom stereocenters. The summed E-state index contributed by atoms with van der Waals surface area (Å²) >= 11 is 0. The van der Waals surface area contributed by atoms with Crippen LogP contribution in [0, 0.1) is 11.8 Å². The number of carboxylic acids is 1. The Morgan fingerprint density at radius 2 is 2.15 bits per heavy atom. The summed E-state index contributed by atoms with van der Waals surface area (Å²) in [5.41, 5.74) is 3.71. The summed E-state index contributed by atoms with van der Waals surface area (Å²) in [5.74, 6) is -0.125. The summed E-state index contributed by atoms with van der Waals surface area (Å²) in [6.07, 6.45) is 3.13. The Morgan fingerprint density at radius 1 is 1.40 bits per heavy atom. The SMILES string of the molecule is C[C@H]1Cc2cc(O)ccc2C=C1CN1CC(C(=O)O)C1. The van der Waals surface area contributed by atoms with Crippen molar-refractivity contribution in [1.82, 2.24) is 4.90 Å². The van der Waals surface area contributed by atoms with E-state index in [2.05, 4.69) is 17.9 Å². The summed E-state index contributed by atoms with van der Waals surface area (Å²) in [4.78, 5) is 13.0. The van der Waals surface area contributed by atoms with Crippen LogP contribution in [0.4, 0.5) is 0 Å². The van der Waals surface area contributed by atoms with Gasteiger partial charge in [0.1, 0.15) is 5.75 Å². The lowest BCUT2D eigenvalue weighted by Crippen LogP contribution is -2.51. The first-order valence-corrected chi connectivity index (χ1v) is 7.00. The zero-order valence-electron chi connectivity index (χ0n) is 11.5. The summed E-state index contributed by atoms with van der Waals surface area (Å²) in [6.45, 7) is 4.35. The van der Waals surface area contributed by atoms with Crippen molar-refractivity contribution in [2.45, 2.75) is 13.3 Å². The minimum Gasteiger partial charge on any atom is -0.508 e. The molecule has 106 valence electrons. The van der Waals surface area contributed by atoms with E-state index < -0.39 is 5.97 Å². The molecule has 1 atom stereocenters. The van der Waals surface area contributed by atoms with E-state index in [1.54, 1.807) is 6.07 Å². The second-order valence-electron chi connectivity index (χ2n) is 5.94. The topological polar surface area (TPSA) is 60.8 Å². The average Bonchev–Trinajstić information content (AvgIpc) is 2.33. The van der Waals surface area contributed by atoms with Crippen molar-refractivity contribution in [1.29, 1.82) is 0 Å². The summed E-state index contributed by atoms with van der Waals surface area (Å²) in [5, 5.41) is 18.4. The molecule has 1 aromatic carbocycles. The maximum atomic E-state index is 10.8. The molecular weight excluding hydrogens is 254 g/mol. The van der Waals surface area contributed by atoms with Crippen molar-refractivity contribution in [3.05, 3.63) is 34.9 Å². The minimum atomic E-state index is -0.687. The quantitative estimate of drug-likeness (QED) is 0.884. The second kappa shape index (κ2) is 4.94. The molecule has 0 spiro atoms. The maximum absolute atomic E-state index is 10.8. The van der Waals surface area contributed by atoms with Gasteiger partial charge in [-0.15, -0.1) is 0 Å². The van der Waals surface area contributed by atoms with E-state index in [0.717, 1.165) is 13.0 Å². The predicted octanol–water partition coefficient (Wildman–Crippen LogP) is 1.98. The second-order valence-corrected chi connectivity index (χ2v) is 5.94. The van der Waals surface area contributed by atoms with Crippen LogP contribution < -0.4 is 0 Å². The predicted molar refractivity (Wildman–Crippen MR) is 76.5 cm³/mol. The highest BCUT2D eigenvalue weighted by Crippen LogP contribution is 2.32. The van der Waals surface area contributed by atoms with E-state index in [4.69, 9.17) is 5.11 Å². The van der Waals surface area contributed by atoms with Gasteiger partial charge in [0, 0.05) is 19.6 Å². The molecule has 3 rings (SSSR count). The van der Waals surface area contributed by atoms with Gasteiger partial charge in [0.05, 0.1) is 5.92 Å². The van der Waals surface area contributed by atoms with Crippen LogP contribution in [-0.2, 0) is 11.2 Å². The van der Waals surface area contributed by atoms with Gasteiger partial charge in [0.25, 0.3) is 0 Å². The molecule has 0 radical (unpaired) electrons. The molecule has 1 aromatic rings. The van der Waals surface area contributed by atoms with E-state index in [1.807, 2.05) is 12.1 Å². The number of carboxylic acid groups (broad SMARTS) is 1. The van der Waals surface area contributed by atoms with Crippen LogP contribution in [0.1, 0.15) is 18.1 Å². The van der Waals surface area contributed by atoms with Crippen molar-refractivity contribution in [3.8, 4) is 5.75 Å². The van der Waals surface area contributed by atoms with Crippen LogP contribution >= 0.6 is 0 Å². The number of benzene rings is 1. The summed E-state index contributed by atoms with van der Waals surface area (Å²) in [7, 11) is 0. The maximum Gasteiger partial charge on any atom is 0.309 e. The molecule has 2 aliphatic rings. The van der Waals surface area contributed by atoms with E-state index in [0.29, 0.717) is 24.8 Å². The largest absolute Gasteiger partial charge is 0.508 e. The van der Waals surface area contributed by atoms with Gasteiger partial charge in [-0.05, 0) is 35.6 Å². The van der Waals surface area contributed by atoms with Crippen molar-refractivity contribution in [3.63, 3.8) is 0 Å². The highest BCUT2D eigenvalue weighted by Gasteiger charge is 2.33. The van der Waals surface area contributed by atoms with Crippen LogP contribution in [0.2, 0.25) is 0 Å². The third kappa shape index (κ3) is 2.43. The number of hydrogen-bond donors (Lipinski definition) is 2. The molecule has 4 heteroatoms. The van der Waals surface area contributed by atoms with Gasteiger partial charge in [0.2, 0.25) is 0 Å². The highest BCUT2D eigenvalue weighted by atomic mass is 16.4. The van der Waals surface area contributed by atoms with E-state index in [9.17, 15) is 9.90 Å². The molecular formula is C16H19NO3. The Balaban J connectivity index is 1.71. The van der Waals surface area contributed by atoms with Gasteiger partial charge in [-0.2, -0.15) is 0 Å². The third-order valence-corrected chi connectivity index (χ3v) is 4.34. The van der Waals surface area contributed by atoms with Crippen LogP contribution in [0.15, 0.2) is 23.8 Å². The van der Waals surface area contributed by atoms with Crippen molar-refractivity contribution < 1.29 is 15.0 Å². The number of fused-ring (bicyclic) bond motifs is 1. The van der Waals surface area contributed by atoms with Crippen LogP contribution in [-0.4, -0.2) is 40.7 Å². The number of aromatic hydroxyl groups is 1. The molecule has 0 bridgehead atoms. The molecule has 1 aliphatic carbocycles. The number of carbonyl (C=O) groups is 1. The molecule has 1 heterocycles. The minimum absolute atomic E-state index is 0.196. The number of rotatable bonds is 3. The Labute approximate surface area is 118 Å². The lowest BCUT2D eigenvalue weighted by Gasteiger charge is -2.38. The average molecular weight is 273 g/mol. The number of phenols is 1. The lowest BCUT2D eigenvalue weighted by atomic mass is 9.83. The number of aliphatic carboxylic acids is 1. The smallest absolute Gasteiger partial charge is 0.309 e. The number of nitrogens with zero attached hydrogens (tertiary/aromatic N) is 1. The van der Waals surface area contributed by atoms with E-state index >= 15 is 0 Å². The van der Waals surface area contributed by atoms with Gasteiger partial charge >= 0.3 is 5.97 Å². The number of phenolic OH excluding ortho intramolecular Hbond substituents is 1. The van der Waals surface area contributed by atoms with Gasteiger partial charge in [-0.25, -0.2) is 0 Å². The fourth-order valence-corrected chi connectivity index (χ4v) is 3.03. The van der Waals surface area contributed by atoms with Crippen molar-refractivity contribution in [2.24, 2.45) is 11.8 Å². The molecule has 4 nitrogen and oxygen atoms in total. The molecule has 0 amide bonds. The Kier molecular flexibility index (Phi) is 3.26.